The molecule has 1 heterocycles. The summed E-state index contributed by atoms with van der Waals surface area (Å²) in [5.41, 5.74) is 1.66. The van der Waals surface area contributed by atoms with E-state index in [9.17, 15) is 4.79 Å². The first-order chi connectivity index (χ1) is 8.18. The smallest absolute Gasteiger partial charge is 0.244 e. The molecule has 18 heavy (non-hydrogen) atoms. The highest BCUT2D eigenvalue weighted by atomic mass is 35.5. The summed E-state index contributed by atoms with van der Waals surface area (Å²) in [5.74, 6) is 0.104. The van der Waals surface area contributed by atoms with Crippen LogP contribution in [0.4, 0.5) is 5.69 Å². The van der Waals surface area contributed by atoms with Crippen molar-refractivity contribution in [2.75, 3.05) is 11.9 Å². The molecule has 1 aromatic carbocycles. The van der Waals surface area contributed by atoms with Crippen LogP contribution in [0.15, 0.2) is 24.3 Å². The summed E-state index contributed by atoms with van der Waals surface area (Å²) >= 11 is 0. The lowest BCUT2D eigenvalue weighted by Crippen LogP contribution is -2.50. The van der Waals surface area contributed by atoms with E-state index in [0.717, 1.165) is 37.1 Å². The summed E-state index contributed by atoms with van der Waals surface area (Å²) < 4.78 is 0. The highest BCUT2D eigenvalue weighted by molar-refractivity contribution is 5.98. The van der Waals surface area contributed by atoms with Crippen LogP contribution in [-0.4, -0.2) is 18.0 Å². The first-order valence-electron chi connectivity index (χ1n) is 6.30. The molecule has 0 spiro atoms. The number of rotatable bonds is 3. The van der Waals surface area contributed by atoms with Gasteiger partial charge >= 0.3 is 0 Å². The van der Waals surface area contributed by atoms with Gasteiger partial charge in [-0.25, -0.2) is 0 Å². The number of para-hydroxylation sites is 1. The zero-order valence-corrected chi connectivity index (χ0v) is 11.8. The van der Waals surface area contributed by atoms with E-state index < -0.39 is 0 Å². The van der Waals surface area contributed by atoms with Crippen LogP contribution in [0, 0.1) is 6.92 Å². The molecule has 0 bridgehead atoms. The van der Waals surface area contributed by atoms with Crippen LogP contribution in [0.2, 0.25) is 0 Å². The largest absolute Gasteiger partial charge is 0.324 e. The molecular formula is C14H21ClN2O. The zero-order valence-electron chi connectivity index (χ0n) is 11.0. The van der Waals surface area contributed by atoms with Gasteiger partial charge in [-0.15, -0.1) is 12.4 Å². The van der Waals surface area contributed by atoms with Gasteiger partial charge < -0.3 is 10.6 Å². The zero-order chi connectivity index (χ0) is 12.3. The van der Waals surface area contributed by atoms with Gasteiger partial charge in [0.1, 0.15) is 0 Å². The standard InChI is InChI=1S/C14H20N2O.ClH/c1-3-14(9-6-10-15-14)13(17)16-12-8-5-4-7-11(12)2;/h4-5,7-8,15H,3,6,9-10H2,1-2H3,(H,16,17);1H. The molecule has 2 N–H and O–H groups in total. The lowest BCUT2D eigenvalue weighted by atomic mass is 9.93. The monoisotopic (exact) mass is 268 g/mol. The third-order valence-electron chi connectivity index (χ3n) is 3.68. The Morgan fingerprint density at radius 3 is 2.72 bits per heavy atom. The first-order valence-corrected chi connectivity index (χ1v) is 6.30. The molecule has 0 aromatic heterocycles. The van der Waals surface area contributed by atoms with Crippen molar-refractivity contribution >= 4 is 24.0 Å². The minimum absolute atomic E-state index is 0. The Morgan fingerprint density at radius 1 is 1.44 bits per heavy atom. The number of halogens is 1. The summed E-state index contributed by atoms with van der Waals surface area (Å²) in [6.45, 7) is 5.01. The number of hydrogen-bond donors (Lipinski definition) is 2. The van der Waals surface area contributed by atoms with E-state index in [2.05, 4.69) is 17.6 Å². The molecule has 0 radical (unpaired) electrons. The Balaban J connectivity index is 0.00000162. The molecule has 1 atom stereocenters. The van der Waals surface area contributed by atoms with Crippen LogP contribution in [-0.2, 0) is 4.79 Å². The minimum Gasteiger partial charge on any atom is -0.324 e. The molecule has 3 nitrogen and oxygen atoms in total. The highest BCUT2D eigenvalue weighted by Crippen LogP contribution is 2.25. The van der Waals surface area contributed by atoms with Gasteiger partial charge in [-0.1, -0.05) is 25.1 Å². The van der Waals surface area contributed by atoms with Crippen molar-refractivity contribution in [2.24, 2.45) is 0 Å². The second-order valence-corrected chi connectivity index (χ2v) is 4.74. The van der Waals surface area contributed by atoms with Gasteiger partial charge in [-0.2, -0.15) is 0 Å². The van der Waals surface area contributed by atoms with Crippen molar-refractivity contribution in [3.8, 4) is 0 Å². The van der Waals surface area contributed by atoms with E-state index >= 15 is 0 Å². The molecule has 1 unspecified atom stereocenters. The average molecular weight is 269 g/mol. The van der Waals surface area contributed by atoms with Crippen molar-refractivity contribution in [3.63, 3.8) is 0 Å². The van der Waals surface area contributed by atoms with Gasteiger partial charge in [-0.3, -0.25) is 4.79 Å². The van der Waals surface area contributed by atoms with Crippen LogP contribution in [0.3, 0.4) is 0 Å². The molecule has 0 saturated carbocycles. The van der Waals surface area contributed by atoms with E-state index in [0.29, 0.717) is 0 Å². The van der Waals surface area contributed by atoms with Gasteiger partial charge in [0.25, 0.3) is 0 Å². The predicted molar refractivity (Wildman–Crippen MR) is 77.3 cm³/mol. The van der Waals surface area contributed by atoms with Crippen LogP contribution in [0.1, 0.15) is 31.7 Å². The maximum atomic E-state index is 12.3. The first kappa shape index (κ1) is 15.0. The van der Waals surface area contributed by atoms with E-state index in [-0.39, 0.29) is 23.9 Å². The van der Waals surface area contributed by atoms with E-state index in [4.69, 9.17) is 0 Å². The fourth-order valence-electron chi connectivity index (χ4n) is 2.42. The van der Waals surface area contributed by atoms with Crippen molar-refractivity contribution in [1.29, 1.82) is 0 Å². The fraction of sp³-hybridized carbons (Fsp3) is 0.500. The van der Waals surface area contributed by atoms with E-state index in [1.165, 1.54) is 0 Å². The van der Waals surface area contributed by atoms with Gasteiger partial charge in [0.05, 0.1) is 5.54 Å². The number of carbonyl (C=O) groups is 1. The number of amides is 1. The normalized spacial score (nSPS) is 22.3. The number of benzene rings is 1. The SMILES string of the molecule is CCC1(C(=O)Nc2ccccc2C)CCCN1.Cl. The lowest BCUT2D eigenvalue weighted by molar-refractivity contribution is -0.122. The summed E-state index contributed by atoms with van der Waals surface area (Å²) in [7, 11) is 0. The highest BCUT2D eigenvalue weighted by Gasteiger charge is 2.39. The van der Waals surface area contributed by atoms with E-state index in [1.807, 2.05) is 31.2 Å². The summed E-state index contributed by atoms with van der Waals surface area (Å²) in [4.78, 5) is 12.3. The van der Waals surface area contributed by atoms with Gasteiger partial charge in [0.2, 0.25) is 5.91 Å². The molecule has 1 aromatic rings. The van der Waals surface area contributed by atoms with Crippen molar-refractivity contribution < 1.29 is 4.79 Å². The van der Waals surface area contributed by atoms with Crippen molar-refractivity contribution in [3.05, 3.63) is 29.8 Å². The second-order valence-electron chi connectivity index (χ2n) is 4.74. The quantitative estimate of drug-likeness (QED) is 0.885. The molecule has 1 aliphatic heterocycles. The molecule has 0 aliphatic carbocycles. The minimum atomic E-state index is -0.359. The molecule has 4 heteroatoms. The summed E-state index contributed by atoms with van der Waals surface area (Å²) in [5, 5.41) is 6.39. The maximum Gasteiger partial charge on any atom is 0.244 e. The Hall–Kier alpha value is -1.06. The maximum absolute atomic E-state index is 12.3. The third-order valence-corrected chi connectivity index (χ3v) is 3.68. The summed E-state index contributed by atoms with van der Waals surface area (Å²) in [6.07, 6.45) is 2.85. The second kappa shape index (κ2) is 6.21. The topological polar surface area (TPSA) is 41.1 Å². The van der Waals surface area contributed by atoms with Crippen molar-refractivity contribution in [2.45, 2.75) is 38.6 Å². The Morgan fingerprint density at radius 2 is 2.17 bits per heavy atom. The Labute approximate surface area is 115 Å². The molecular weight excluding hydrogens is 248 g/mol. The molecule has 1 fully saturated rings. The predicted octanol–water partition coefficient (Wildman–Crippen LogP) is 2.89. The third kappa shape index (κ3) is 2.85. The molecule has 1 aliphatic rings. The molecule has 2 rings (SSSR count). The number of anilines is 1. The van der Waals surface area contributed by atoms with Gasteiger partial charge in [-0.05, 0) is 44.4 Å². The number of nitrogens with one attached hydrogen (secondary N) is 2. The van der Waals surface area contributed by atoms with Crippen molar-refractivity contribution in [1.82, 2.24) is 5.32 Å². The number of aryl methyl sites for hydroxylation is 1. The summed E-state index contributed by atoms with van der Waals surface area (Å²) in [6, 6.07) is 7.89. The molecule has 100 valence electrons. The van der Waals surface area contributed by atoms with Gasteiger partial charge in [0.15, 0.2) is 0 Å². The fourth-order valence-corrected chi connectivity index (χ4v) is 2.42. The van der Waals surface area contributed by atoms with Crippen LogP contribution < -0.4 is 10.6 Å². The van der Waals surface area contributed by atoms with Crippen LogP contribution >= 0.6 is 12.4 Å². The Bertz CT molecular complexity index is 414. The van der Waals surface area contributed by atoms with E-state index in [1.54, 1.807) is 0 Å². The molecule has 1 amide bonds. The average Bonchev–Trinajstić information content (AvgIpc) is 2.82. The Kier molecular flexibility index (Phi) is 5.17. The van der Waals surface area contributed by atoms with Gasteiger partial charge in [0, 0.05) is 5.69 Å². The van der Waals surface area contributed by atoms with Crippen LogP contribution in [0.5, 0.6) is 0 Å². The van der Waals surface area contributed by atoms with Crippen LogP contribution in [0.25, 0.3) is 0 Å². The lowest BCUT2D eigenvalue weighted by Gasteiger charge is -2.27. The molecule has 1 saturated heterocycles. The number of hydrogen-bond acceptors (Lipinski definition) is 2. The number of carbonyl (C=O) groups excluding carboxylic acids is 1.